The van der Waals surface area contributed by atoms with Gasteiger partial charge in [-0.05, 0) is 38.0 Å². The number of rotatable bonds is 5. The summed E-state index contributed by atoms with van der Waals surface area (Å²) in [6.07, 6.45) is 6.82. The second kappa shape index (κ2) is 9.24. The van der Waals surface area contributed by atoms with Crippen LogP contribution in [0.2, 0.25) is 10.0 Å². The van der Waals surface area contributed by atoms with Crippen molar-refractivity contribution in [2.75, 3.05) is 18.8 Å². The molecule has 3 heterocycles. The molecule has 1 atom stereocenters. The Bertz CT molecular complexity index is 1090. The van der Waals surface area contributed by atoms with Gasteiger partial charge in [0.25, 0.3) is 0 Å². The Morgan fingerprint density at radius 3 is 2.71 bits per heavy atom. The molecule has 0 aliphatic carbocycles. The van der Waals surface area contributed by atoms with Gasteiger partial charge in [-0.3, -0.25) is 8.99 Å². The van der Waals surface area contributed by atoms with E-state index in [1.54, 1.807) is 25.4 Å². The molecule has 1 aliphatic heterocycles. The van der Waals surface area contributed by atoms with Crippen molar-refractivity contribution in [3.05, 3.63) is 58.2 Å². The molecule has 6 nitrogen and oxygen atoms in total. The lowest BCUT2D eigenvalue weighted by atomic mass is 10.1. The summed E-state index contributed by atoms with van der Waals surface area (Å²) in [5.74, 6) is 0.0119. The number of thiol groups is 1. The van der Waals surface area contributed by atoms with Crippen molar-refractivity contribution in [2.45, 2.75) is 31.9 Å². The Kier molecular flexibility index (Phi) is 6.62. The van der Waals surface area contributed by atoms with Crippen LogP contribution in [0.15, 0.2) is 36.8 Å². The molecule has 2 aromatic heterocycles. The summed E-state index contributed by atoms with van der Waals surface area (Å²) in [6.45, 7) is 3.57. The van der Waals surface area contributed by atoms with E-state index in [0.29, 0.717) is 22.4 Å². The average molecular weight is 482 g/mol. The molecule has 1 aliphatic rings. The van der Waals surface area contributed by atoms with Gasteiger partial charge >= 0.3 is 0 Å². The topological polar surface area (TPSA) is 69.2 Å². The lowest BCUT2D eigenvalue weighted by molar-refractivity contribution is 0.227. The van der Waals surface area contributed by atoms with Crippen molar-refractivity contribution in [2.24, 2.45) is 0 Å². The van der Waals surface area contributed by atoms with Gasteiger partial charge in [0, 0.05) is 47.2 Å². The fraction of sp³-hybridized carbons (Fsp3) is 0.333. The first-order valence-corrected chi connectivity index (χ1v) is 11.0. The van der Waals surface area contributed by atoms with Gasteiger partial charge in [0.2, 0.25) is 0 Å². The molecule has 10 heteroatoms. The maximum atomic E-state index is 13.9. The van der Waals surface area contributed by atoms with Crippen LogP contribution in [-0.4, -0.2) is 32.2 Å². The Morgan fingerprint density at radius 1 is 1.23 bits per heavy atom. The molecule has 1 fully saturated rings. The predicted molar refractivity (Wildman–Crippen MR) is 124 cm³/mol. The van der Waals surface area contributed by atoms with Gasteiger partial charge in [-0.25, -0.2) is 9.37 Å². The highest BCUT2D eigenvalue weighted by molar-refractivity contribution is 7.77. The third-order valence-corrected chi connectivity index (χ3v) is 6.54. The number of hydrogen-bond donors (Lipinski definition) is 2. The van der Waals surface area contributed by atoms with Crippen LogP contribution in [0.4, 0.5) is 10.2 Å². The van der Waals surface area contributed by atoms with Crippen LogP contribution in [0.25, 0.3) is 11.1 Å². The molecule has 2 N–H and O–H groups in total. The molecule has 0 radical (unpaired) electrons. The van der Waals surface area contributed by atoms with E-state index in [2.05, 4.69) is 22.9 Å². The molecule has 4 rings (SSSR count). The van der Waals surface area contributed by atoms with Crippen molar-refractivity contribution in [3.8, 4) is 16.9 Å². The number of aromatic nitrogens is 3. The second-order valence-corrected chi connectivity index (χ2v) is 8.87. The highest BCUT2D eigenvalue weighted by Gasteiger charge is 2.22. The van der Waals surface area contributed by atoms with Crippen LogP contribution >= 0.6 is 36.0 Å². The number of benzene rings is 1. The minimum Gasteiger partial charge on any atom is -0.482 e. The number of pyridine rings is 1. The standard InChI is InChI=1S/C21H22Cl2FN5OS/c1-12(19-16(22)2-3-17(24)20(19)23)30-18-8-13(9-26-21(18)25)14-10-27-29(11-14)15-4-6-28(31)7-5-15/h2-3,8-12,15,31H,4-7H2,1H3,(H2,25,26)/t12-/m1/s1. The van der Waals surface area contributed by atoms with Crippen molar-refractivity contribution in [1.29, 1.82) is 0 Å². The van der Waals surface area contributed by atoms with E-state index in [1.807, 2.05) is 15.2 Å². The van der Waals surface area contributed by atoms with Gasteiger partial charge in [-0.2, -0.15) is 5.10 Å². The van der Waals surface area contributed by atoms with E-state index < -0.39 is 11.9 Å². The zero-order valence-electron chi connectivity index (χ0n) is 16.8. The quantitative estimate of drug-likeness (QED) is 0.366. The largest absolute Gasteiger partial charge is 0.482 e. The number of hydrogen-bond acceptors (Lipinski definition) is 6. The van der Waals surface area contributed by atoms with E-state index in [4.69, 9.17) is 33.7 Å². The Morgan fingerprint density at radius 2 is 1.97 bits per heavy atom. The molecule has 164 valence electrons. The van der Waals surface area contributed by atoms with Gasteiger partial charge in [-0.1, -0.05) is 36.0 Å². The van der Waals surface area contributed by atoms with Gasteiger partial charge < -0.3 is 10.5 Å². The SMILES string of the molecule is C[C@@H](Oc1cc(-c2cnn(C3CCN(S)CC3)c2)cnc1N)c1c(Cl)ccc(F)c1Cl. The number of piperidine rings is 1. The van der Waals surface area contributed by atoms with Crippen LogP contribution in [0.1, 0.15) is 37.5 Å². The number of nitrogens with zero attached hydrogens (tertiary/aromatic N) is 4. The van der Waals surface area contributed by atoms with Crippen LogP contribution in [-0.2, 0) is 0 Å². The Hall–Kier alpha value is -2.00. The summed E-state index contributed by atoms with van der Waals surface area (Å²) < 4.78 is 23.9. The van der Waals surface area contributed by atoms with E-state index in [1.165, 1.54) is 12.1 Å². The number of nitrogens with two attached hydrogens (primary N) is 1. The summed E-state index contributed by atoms with van der Waals surface area (Å²) in [7, 11) is 0. The molecule has 1 aromatic carbocycles. The van der Waals surface area contributed by atoms with Crippen molar-refractivity contribution >= 4 is 41.8 Å². The zero-order valence-corrected chi connectivity index (χ0v) is 19.2. The molecule has 0 unspecified atom stereocenters. The summed E-state index contributed by atoms with van der Waals surface area (Å²) in [5, 5.41) is 4.77. The summed E-state index contributed by atoms with van der Waals surface area (Å²) >= 11 is 16.7. The fourth-order valence-corrected chi connectivity index (χ4v) is 4.58. The first-order valence-electron chi connectivity index (χ1n) is 9.87. The Labute approximate surface area is 195 Å². The third-order valence-electron chi connectivity index (χ3n) is 5.42. The molecular weight excluding hydrogens is 460 g/mol. The highest BCUT2D eigenvalue weighted by Crippen LogP contribution is 2.37. The zero-order chi connectivity index (χ0) is 22.1. The van der Waals surface area contributed by atoms with Crippen LogP contribution < -0.4 is 10.5 Å². The number of halogens is 3. The summed E-state index contributed by atoms with van der Waals surface area (Å²) in [4.78, 5) is 4.26. The molecular formula is C21H22Cl2FN5OS. The van der Waals surface area contributed by atoms with E-state index in [0.717, 1.165) is 37.1 Å². The van der Waals surface area contributed by atoms with Crippen molar-refractivity contribution in [3.63, 3.8) is 0 Å². The molecule has 0 bridgehead atoms. The molecule has 0 spiro atoms. The van der Waals surface area contributed by atoms with E-state index in [-0.39, 0.29) is 10.8 Å². The maximum absolute atomic E-state index is 13.9. The van der Waals surface area contributed by atoms with Gasteiger partial charge in [0.1, 0.15) is 11.9 Å². The van der Waals surface area contributed by atoms with Crippen LogP contribution in [0.5, 0.6) is 5.75 Å². The summed E-state index contributed by atoms with van der Waals surface area (Å²) in [6, 6.07) is 4.79. The normalized spacial score (nSPS) is 16.4. The minimum absolute atomic E-state index is 0.0729. The lowest BCUT2D eigenvalue weighted by Gasteiger charge is -2.28. The second-order valence-electron chi connectivity index (χ2n) is 7.52. The lowest BCUT2D eigenvalue weighted by Crippen LogP contribution is -2.28. The molecule has 0 amide bonds. The molecule has 31 heavy (non-hydrogen) atoms. The van der Waals surface area contributed by atoms with Crippen molar-refractivity contribution in [1.82, 2.24) is 19.1 Å². The van der Waals surface area contributed by atoms with Crippen LogP contribution in [0, 0.1) is 5.82 Å². The fourth-order valence-electron chi connectivity index (χ4n) is 3.68. The predicted octanol–water partition coefficient (Wildman–Crippen LogP) is 5.59. The van der Waals surface area contributed by atoms with E-state index in [9.17, 15) is 4.39 Å². The summed E-state index contributed by atoms with van der Waals surface area (Å²) in [5.41, 5.74) is 8.10. The number of anilines is 1. The maximum Gasteiger partial charge on any atom is 0.166 e. The molecule has 1 saturated heterocycles. The van der Waals surface area contributed by atoms with E-state index >= 15 is 0 Å². The van der Waals surface area contributed by atoms with Crippen molar-refractivity contribution < 1.29 is 9.13 Å². The Balaban J connectivity index is 1.56. The molecule has 3 aromatic rings. The first kappa shape index (κ1) is 22.2. The van der Waals surface area contributed by atoms with Crippen LogP contribution in [0.3, 0.4) is 0 Å². The number of ether oxygens (including phenoxy) is 1. The number of nitrogen functional groups attached to an aromatic ring is 1. The first-order chi connectivity index (χ1) is 14.8. The van der Waals surface area contributed by atoms with Gasteiger partial charge in [0.15, 0.2) is 11.6 Å². The third kappa shape index (κ3) is 4.77. The molecule has 0 saturated carbocycles. The van der Waals surface area contributed by atoms with Gasteiger partial charge in [-0.15, -0.1) is 0 Å². The monoisotopic (exact) mass is 481 g/mol. The highest BCUT2D eigenvalue weighted by atomic mass is 35.5. The average Bonchev–Trinajstić information content (AvgIpc) is 3.23. The minimum atomic E-state index is -0.635. The van der Waals surface area contributed by atoms with Gasteiger partial charge in [0.05, 0.1) is 17.3 Å². The smallest absolute Gasteiger partial charge is 0.166 e.